The third kappa shape index (κ3) is 4.54. The molecule has 0 bridgehead atoms. The molecule has 4 rings (SSSR count). The molecule has 3 N–H and O–H groups in total. The first kappa shape index (κ1) is 18.9. The summed E-state index contributed by atoms with van der Waals surface area (Å²) in [5.74, 6) is 0.529. The van der Waals surface area contributed by atoms with Crippen molar-refractivity contribution in [2.24, 2.45) is 0 Å². The van der Waals surface area contributed by atoms with Crippen LogP contribution in [0.2, 0.25) is 0 Å². The number of amides is 2. The van der Waals surface area contributed by atoms with Crippen LogP contribution in [0.3, 0.4) is 0 Å². The van der Waals surface area contributed by atoms with Crippen LogP contribution in [0.5, 0.6) is 0 Å². The fraction of sp³-hybridized carbons (Fsp3) is 0.261. The maximum atomic E-state index is 12.7. The molecular weight excluding hydrogens is 364 g/mol. The summed E-state index contributed by atoms with van der Waals surface area (Å²) in [4.78, 5) is 29.1. The number of aromatic nitrogens is 1. The van der Waals surface area contributed by atoms with Crippen LogP contribution in [0.1, 0.15) is 39.1 Å². The topological polar surface area (TPSA) is 83.1 Å². The highest BCUT2D eigenvalue weighted by atomic mass is 16.2. The summed E-state index contributed by atoms with van der Waals surface area (Å²) in [6.45, 7) is 0.645. The number of benzene rings is 2. The zero-order valence-electron chi connectivity index (χ0n) is 16.4. The smallest absolute Gasteiger partial charge is 0.252 e. The lowest BCUT2D eigenvalue weighted by Gasteiger charge is -2.12. The zero-order valence-corrected chi connectivity index (χ0v) is 16.4. The highest BCUT2D eigenvalue weighted by molar-refractivity contribution is 6.07. The van der Waals surface area contributed by atoms with Crippen LogP contribution < -0.4 is 16.0 Å². The first-order valence-corrected chi connectivity index (χ1v) is 9.89. The maximum absolute atomic E-state index is 12.7. The Morgan fingerprint density at radius 1 is 1.03 bits per heavy atom. The van der Waals surface area contributed by atoms with Crippen molar-refractivity contribution in [1.29, 1.82) is 0 Å². The van der Waals surface area contributed by atoms with Gasteiger partial charge in [0.1, 0.15) is 5.82 Å². The Hall–Kier alpha value is -3.41. The van der Waals surface area contributed by atoms with E-state index in [1.54, 1.807) is 13.1 Å². The number of fused-ring (bicyclic) bond motifs is 1. The third-order valence-corrected chi connectivity index (χ3v) is 5.01. The molecule has 2 amide bonds. The van der Waals surface area contributed by atoms with E-state index in [1.165, 1.54) is 0 Å². The molecular formula is C23H24N4O2. The Labute approximate surface area is 169 Å². The summed E-state index contributed by atoms with van der Waals surface area (Å²) in [7, 11) is 1.62. The lowest BCUT2D eigenvalue weighted by Crippen LogP contribution is -2.25. The van der Waals surface area contributed by atoms with Crippen LogP contribution in [0.25, 0.3) is 10.9 Å². The maximum Gasteiger partial charge on any atom is 0.252 e. The van der Waals surface area contributed by atoms with Crippen molar-refractivity contribution in [3.8, 4) is 0 Å². The molecule has 148 valence electrons. The minimum atomic E-state index is -0.0951. The van der Waals surface area contributed by atoms with Gasteiger partial charge in [0.2, 0.25) is 0 Å². The first-order chi connectivity index (χ1) is 14.1. The van der Waals surface area contributed by atoms with Gasteiger partial charge in [-0.3, -0.25) is 9.59 Å². The molecule has 1 aliphatic carbocycles. The van der Waals surface area contributed by atoms with Gasteiger partial charge in [-0.25, -0.2) is 4.98 Å². The van der Waals surface area contributed by atoms with E-state index in [0.29, 0.717) is 29.5 Å². The Morgan fingerprint density at radius 2 is 1.86 bits per heavy atom. The predicted octanol–water partition coefficient (Wildman–Crippen LogP) is 3.14. The van der Waals surface area contributed by atoms with E-state index in [0.717, 1.165) is 35.7 Å². The van der Waals surface area contributed by atoms with Crippen molar-refractivity contribution in [3.05, 3.63) is 71.3 Å². The number of hydrogen-bond acceptors (Lipinski definition) is 4. The fourth-order valence-electron chi connectivity index (χ4n) is 3.29. The number of anilines is 1. The average molecular weight is 388 g/mol. The van der Waals surface area contributed by atoms with E-state index in [9.17, 15) is 9.59 Å². The Balaban J connectivity index is 1.49. The van der Waals surface area contributed by atoms with Gasteiger partial charge in [-0.1, -0.05) is 30.3 Å². The van der Waals surface area contributed by atoms with Gasteiger partial charge in [0, 0.05) is 30.6 Å². The van der Waals surface area contributed by atoms with Crippen LogP contribution in [0.4, 0.5) is 5.82 Å². The summed E-state index contributed by atoms with van der Waals surface area (Å²) in [5, 5.41) is 9.88. The Morgan fingerprint density at radius 3 is 2.66 bits per heavy atom. The molecule has 6 nitrogen and oxygen atoms in total. The average Bonchev–Trinajstić information content (AvgIpc) is 3.56. The largest absolute Gasteiger partial charge is 0.370 e. The van der Waals surface area contributed by atoms with Gasteiger partial charge >= 0.3 is 0 Å². The summed E-state index contributed by atoms with van der Waals surface area (Å²) in [6, 6.07) is 17.4. The number of pyridine rings is 1. The van der Waals surface area contributed by atoms with E-state index in [4.69, 9.17) is 0 Å². The number of nitrogens with zero attached hydrogens (tertiary/aromatic N) is 1. The van der Waals surface area contributed by atoms with E-state index >= 15 is 0 Å². The van der Waals surface area contributed by atoms with E-state index in [-0.39, 0.29) is 11.8 Å². The molecule has 3 aromatic rings. The predicted molar refractivity (Wildman–Crippen MR) is 114 cm³/mol. The van der Waals surface area contributed by atoms with Gasteiger partial charge in [0.25, 0.3) is 11.8 Å². The molecule has 1 aliphatic rings. The third-order valence-electron chi connectivity index (χ3n) is 5.01. The summed E-state index contributed by atoms with van der Waals surface area (Å²) in [5.41, 5.74) is 3.14. The lowest BCUT2D eigenvalue weighted by molar-refractivity contribution is 0.0948. The van der Waals surface area contributed by atoms with Crippen molar-refractivity contribution < 1.29 is 9.59 Å². The first-order valence-electron chi connectivity index (χ1n) is 9.89. The highest BCUT2D eigenvalue weighted by Crippen LogP contribution is 2.24. The van der Waals surface area contributed by atoms with Gasteiger partial charge in [-0.15, -0.1) is 0 Å². The molecule has 1 heterocycles. The molecule has 0 unspecified atom stereocenters. The second kappa shape index (κ2) is 8.31. The molecule has 0 aliphatic heterocycles. The van der Waals surface area contributed by atoms with Crippen molar-refractivity contribution >= 4 is 28.5 Å². The number of rotatable bonds is 7. The molecule has 29 heavy (non-hydrogen) atoms. The van der Waals surface area contributed by atoms with E-state index in [2.05, 4.69) is 20.9 Å². The number of carbonyl (C=O) groups excluding carboxylic acids is 2. The quantitative estimate of drug-likeness (QED) is 0.581. The second-order valence-corrected chi connectivity index (χ2v) is 7.28. The monoisotopic (exact) mass is 388 g/mol. The fourth-order valence-corrected chi connectivity index (χ4v) is 3.29. The molecule has 0 saturated heterocycles. The summed E-state index contributed by atoms with van der Waals surface area (Å²) in [6.07, 6.45) is 2.84. The van der Waals surface area contributed by atoms with Crippen LogP contribution in [-0.2, 0) is 6.42 Å². The molecule has 0 spiro atoms. The van der Waals surface area contributed by atoms with Crippen molar-refractivity contribution in [2.75, 3.05) is 18.9 Å². The Bertz CT molecular complexity index is 1060. The summed E-state index contributed by atoms with van der Waals surface area (Å²) >= 11 is 0. The molecule has 1 fully saturated rings. The number of carbonyl (C=O) groups is 2. The molecule has 1 saturated carbocycles. The number of nitrogens with one attached hydrogen (secondary N) is 3. The second-order valence-electron chi connectivity index (χ2n) is 7.28. The number of para-hydroxylation sites is 1. The van der Waals surface area contributed by atoms with Crippen molar-refractivity contribution in [3.63, 3.8) is 0 Å². The van der Waals surface area contributed by atoms with Gasteiger partial charge in [0.05, 0.1) is 11.1 Å². The lowest BCUT2D eigenvalue weighted by atomic mass is 10.1. The SMILES string of the molecule is CNC(=O)c1cccc(CCNc2cc(C(=O)NC3CC3)c3ccccc3n2)c1. The van der Waals surface area contributed by atoms with E-state index in [1.807, 2.05) is 48.5 Å². The minimum absolute atomic E-state index is 0.0487. The molecule has 0 atom stereocenters. The van der Waals surface area contributed by atoms with Crippen LogP contribution in [0, 0.1) is 0 Å². The van der Waals surface area contributed by atoms with Gasteiger partial charge < -0.3 is 16.0 Å². The van der Waals surface area contributed by atoms with Crippen molar-refractivity contribution in [2.45, 2.75) is 25.3 Å². The van der Waals surface area contributed by atoms with E-state index < -0.39 is 0 Å². The summed E-state index contributed by atoms with van der Waals surface area (Å²) < 4.78 is 0. The van der Waals surface area contributed by atoms with Crippen LogP contribution in [0.15, 0.2) is 54.6 Å². The van der Waals surface area contributed by atoms with Crippen LogP contribution >= 0.6 is 0 Å². The zero-order chi connectivity index (χ0) is 20.2. The number of hydrogen-bond donors (Lipinski definition) is 3. The van der Waals surface area contributed by atoms with Crippen LogP contribution in [-0.4, -0.2) is 36.4 Å². The van der Waals surface area contributed by atoms with Gasteiger partial charge in [0.15, 0.2) is 0 Å². The highest BCUT2D eigenvalue weighted by Gasteiger charge is 2.25. The minimum Gasteiger partial charge on any atom is -0.370 e. The normalized spacial score (nSPS) is 13.1. The molecule has 6 heteroatoms. The van der Waals surface area contributed by atoms with Gasteiger partial charge in [-0.2, -0.15) is 0 Å². The van der Waals surface area contributed by atoms with Crippen molar-refractivity contribution in [1.82, 2.24) is 15.6 Å². The Kier molecular flexibility index (Phi) is 5.42. The molecule has 0 radical (unpaired) electrons. The molecule has 2 aromatic carbocycles. The standard InChI is InChI=1S/C23H24N4O2/c1-24-22(28)16-6-4-5-15(13-16)11-12-25-21-14-19(23(29)26-17-9-10-17)18-7-2-3-8-20(18)27-21/h2-8,13-14,17H,9-12H2,1H3,(H,24,28)(H,25,27)(H,26,29). The van der Waals surface area contributed by atoms with Gasteiger partial charge in [-0.05, 0) is 49.1 Å². The molecule has 1 aromatic heterocycles.